The zero-order chi connectivity index (χ0) is 14.4. The van der Waals surface area contributed by atoms with Gasteiger partial charge in [0.1, 0.15) is 0 Å². The van der Waals surface area contributed by atoms with Gasteiger partial charge in [-0.15, -0.1) is 0 Å². The van der Waals surface area contributed by atoms with Crippen molar-refractivity contribution in [3.63, 3.8) is 0 Å². The number of benzene rings is 1. The molecule has 0 bridgehead atoms. The van der Waals surface area contributed by atoms with Crippen LogP contribution in [-0.4, -0.2) is 35.0 Å². The number of nitrogens with zero attached hydrogens (tertiary/aromatic N) is 1. The van der Waals surface area contributed by atoms with Crippen LogP contribution in [0.25, 0.3) is 0 Å². The molecule has 0 aliphatic carbocycles. The Labute approximate surface area is 121 Å². The van der Waals surface area contributed by atoms with Crippen LogP contribution in [0.4, 0.5) is 0 Å². The number of rotatable bonds is 5. The Balaban J connectivity index is 2.26. The second-order valence-corrected chi connectivity index (χ2v) is 5.58. The van der Waals surface area contributed by atoms with Crippen LogP contribution >= 0.6 is 0 Å². The van der Waals surface area contributed by atoms with Gasteiger partial charge in [0.2, 0.25) is 0 Å². The fourth-order valence-electron chi connectivity index (χ4n) is 3.12. The number of likely N-dealkylation sites (tertiary alicyclic amines) is 1. The minimum absolute atomic E-state index is 0.101. The van der Waals surface area contributed by atoms with Crippen LogP contribution in [0.5, 0.6) is 0 Å². The van der Waals surface area contributed by atoms with Gasteiger partial charge in [-0.3, -0.25) is 10.3 Å². The summed E-state index contributed by atoms with van der Waals surface area (Å²) in [7, 11) is 0. The second-order valence-electron chi connectivity index (χ2n) is 5.58. The molecular weight excluding hydrogens is 250 g/mol. The predicted octanol–water partition coefficient (Wildman–Crippen LogP) is 2.29. The quantitative estimate of drug-likeness (QED) is 0.570. The van der Waals surface area contributed by atoms with Crippen LogP contribution in [0, 0.1) is 5.41 Å². The highest BCUT2D eigenvalue weighted by Gasteiger charge is 2.28. The molecule has 1 aromatic rings. The first-order valence-corrected chi connectivity index (χ1v) is 7.47. The molecule has 1 heterocycles. The third kappa shape index (κ3) is 3.81. The van der Waals surface area contributed by atoms with E-state index in [4.69, 9.17) is 11.1 Å². The summed E-state index contributed by atoms with van der Waals surface area (Å²) in [5.74, 6) is 0.208. The van der Waals surface area contributed by atoms with Gasteiger partial charge in [0.25, 0.3) is 0 Å². The molecule has 1 fully saturated rings. The molecule has 4 N–H and O–H groups in total. The molecule has 4 heteroatoms. The van der Waals surface area contributed by atoms with Crippen LogP contribution in [0.15, 0.2) is 30.3 Å². The Morgan fingerprint density at radius 2 is 2.05 bits per heavy atom. The highest BCUT2D eigenvalue weighted by Crippen LogP contribution is 2.30. The summed E-state index contributed by atoms with van der Waals surface area (Å²) in [6, 6.07) is 10.5. The highest BCUT2D eigenvalue weighted by molar-refractivity contribution is 5.77. The van der Waals surface area contributed by atoms with E-state index in [1.54, 1.807) is 0 Å². The molecule has 0 saturated carbocycles. The Morgan fingerprint density at radius 3 is 2.70 bits per heavy atom. The average Bonchev–Trinajstić information content (AvgIpc) is 2.70. The van der Waals surface area contributed by atoms with E-state index in [-0.39, 0.29) is 24.5 Å². The molecule has 2 rings (SSSR count). The predicted molar refractivity (Wildman–Crippen MR) is 81.8 cm³/mol. The van der Waals surface area contributed by atoms with Crippen LogP contribution in [0.3, 0.4) is 0 Å². The van der Waals surface area contributed by atoms with Gasteiger partial charge in [-0.25, -0.2) is 0 Å². The highest BCUT2D eigenvalue weighted by atomic mass is 16.3. The van der Waals surface area contributed by atoms with Gasteiger partial charge in [-0.2, -0.15) is 0 Å². The van der Waals surface area contributed by atoms with E-state index >= 15 is 0 Å². The lowest BCUT2D eigenvalue weighted by Gasteiger charge is -2.36. The first-order valence-electron chi connectivity index (χ1n) is 7.47. The maximum Gasteiger partial charge on any atom is 0.0924 e. The Kier molecular flexibility index (Phi) is 5.56. The summed E-state index contributed by atoms with van der Waals surface area (Å²) in [6.07, 6.45) is 5.09. The molecular formula is C16H25N3O. The van der Waals surface area contributed by atoms with Gasteiger partial charge >= 0.3 is 0 Å². The lowest BCUT2D eigenvalue weighted by molar-refractivity contribution is 0.0863. The fraction of sp³-hybridized carbons (Fsp3) is 0.562. The molecule has 110 valence electrons. The van der Waals surface area contributed by atoms with E-state index in [1.165, 1.54) is 18.4 Å². The van der Waals surface area contributed by atoms with Crippen molar-refractivity contribution in [1.29, 1.82) is 5.41 Å². The average molecular weight is 275 g/mol. The van der Waals surface area contributed by atoms with E-state index in [2.05, 4.69) is 17.0 Å². The number of nitrogens with two attached hydrogens (primary N) is 1. The zero-order valence-corrected chi connectivity index (χ0v) is 12.0. The SMILES string of the molecule is N=C(N)CC(c1ccccc1)N1CCCCCC1CO. The van der Waals surface area contributed by atoms with Crippen LogP contribution in [-0.2, 0) is 0 Å². The fourth-order valence-corrected chi connectivity index (χ4v) is 3.12. The number of nitrogens with one attached hydrogen (secondary N) is 1. The second kappa shape index (κ2) is 7.41. The normalized spacial score (nSPS) is 22.1. The number of hydrogen-bond donors (Lipinski definition) is 3. The molecule has 4 nitrogen and oxygen atoms in total. The number of amidine groups is 1. The molecule has 0 radical (unpaired) electrons. The largest absolute Gasteiger partial charge is 0.395 e. The van der Waals surface area contributed by atoms with Gasteiger partial charge in [-0.05, 0) is 24.9 Å². The van der Waals surface area contributed by atoms with Gasteiger partial charge in [0.05, 0.1) is 12.4 Å². The van der Waals surface area contributed by atoms with Crippen molar-refractivity contribution in [2.24, 2.45) is 5.73 Å². The van der Waals surface area contributed by atoms with Gasteiger partial charge in [0, 0.05) is 18.5 Å². The first kappa shape index (κ1) is 15.0. The van der Waals surface area contributed by atoms with Crippen molar-refractivity contribution in [2.75, 3.05) is 13.2 Å². The third-order valence-electron chi connectivity index (χ3n) is 4.13. The van der Waals surface area contributed by atoms with Crippen molar-refractivity contribution in [2.45, 2.75) is 44.2 Å². The minimum atomic E-state index is 0.101. The Morgan fingerprint density at radius 1 is 1.30 bits per heavy atom. The minimum Gasteiger partial charge on any atom is -0.395 e. The standard InChI is InChI=1S/C16H25N3O/c17-16(18)11-15(13-7-3-1-4-8-13)19-10-6-2-5-9-14(19)12-20/h1,3-4,7-8,14-15,20H,2,5-6,9-12H2,(H3,17,18). The summed E-state index contributed by atoms with van der Waals surface area (Å²) >= 11 is 0. The van der Waals surface area contributed by atoms with Crippen molar-refractivity contribution >= 4 is 5.84 Å². The molecule has 0 aromatic heterocycles. The molecule has 20 heavy (non-hydrogen) atoms. The molecule has 0 amide bonds. The van der Waals surface area contributed by atoms with Crippen LogP contribution in [0.2, 0.25) is 0 Å². The van der Waals surface area contributed by atoms with Crippen molar-refractivity contribution in [3.8, 4) is 0 Å². The van der Waals surface area contributed by atoms with Crippen molar-refractivity contribution in [1.82, 2.24) is 4.90 Å². The maximum atomic E-state index is 9.69. The lowest BCUT2D eigenvalue weighted by atomic mass is 9.99. The van der Waals surface area contributed by atoms with Crippen LogP contribution in [0.1, 0.15) is 43.7 Å². The van der Waals surface area contributed by atoms with E-state index in [1.807, 2.05) is 18.2 Å². The Hall–Kier alpha value is -1.39. The molecule has 2 atom stereocenters. The number of hydrogen-bond acceptors (Lipinski definition) is 3. The van der Waals surface area contributed by atoms with Crippen molar-refractivity contribution in [3.05, 3.63) is 35.9 Å². The first-order chi connectivity index (χ1) is 9.72. The molecule has 1 saturated heterocycles. The summed E-state index contributed by atoms with van der Waals surface area (Å²) in [5.41, 5.74) is 6.84. The summed E-state index contributed by atoms with van der Waals surface area (Å²) < 4.78 is 0. The molecule has 1 aliphatic rings. The number of aliphatic hydroxyl groups is 1. The molecule has 1 aliphatic heterocycles. The maximum absolute atomic E-state index is 9.69. The third-order valence-corrected chi connectivity index (χ3v) is 4.13. The van der Waals surface area contributed by atoms with E-state index in [0.717, 1.165) is 19.4 Å². The molecule has 2 unspecified atom stereocenters. The van der Waals surface area contributed by atoms with Crippen molar-refractivity contribution < 1.29 is 5.11 Å². The summed E-state index contributed by atoms with van der Waals surface area (Å²) in [4.78, 5) is 2.35. The van der Waals surface area contributed by atoms with E-state index < -0.39 is 0 Å². The van der Waals surface area contributed by atoms with E-state index in [0.29, 0.717) is 6.42 Å². The summed E-state index contributed by atoms with van der Waals surface area (Å²) in [5, 5.41) is 17.3. The monoisotopic (exact) mass is 275 g/mol. The number of aliphatic hydroxyl groups excluding tert-OH is 1. The zero-order valence-electron chi connectivity index (χ0n) is 12.0. The van der Waals surface area contributed by atoms with Crippen LogP contribution < -0.4 is 5.73 Å². The Bertz CT molecular complexity index is 421. The van der Waals surface area contributed by atoms with Gasteiger partial charge in [-0.1, -0.05) is 43.2 Å². The smallest absolute Gasteiger partial charge is 0.0924 e. The molecule has 1 aromatic carbocycles. The molecule has 0 spiro atoms. The van der Waals surface area contributed by atoms with Gasteiger partial charge in [0.15, 0.2) is 0 Å². The van der Waals surface area contributed by atoms with E-state index in [9.17, 15) is 5.11 Å². The van der Waals surface area contributed by atoms with Gasteiger partial charge < -0.3 is 10.8 Å². The lowest BCUT2D eigenvalue weighted by Crippen LogP contribution is -2.41. The topological polar surface area (TPSA) is 73.3 Å². The summed E-state index contributed by atoms with van der Waals surface area (Å²) in [6.45, 7) is 1.15.